The first-order valence-electron chi connectivity index (χ1n) is 11.7. The van der Waals surface area contributed by atoms with Gasteiger partial charge in [-0.2, -0.15) is 9.78 Å². The van der Waals surface area contributed by atoms with E-state index in [1.165, 1.54) is 22.7 Å². The van der Waals surface area contributed by atoms with Gasteiger partial charge >= 0.3 is 0 Å². The van der Waals surface area contributed by atoms with Crippen LogP contribution in [0.5, 0.6) is 11.5 Å². The SMILES string of the molecule is COc1ccc(C=NNC(=O)c2nnn(-c3nonc3N)c2CSc2nncn2C)cc1OCc1ccccc1. The first-order valence-corrected chi connectivity index (χ1v) is 12.7. The third kappa shape index (κ3) is 5.91. The van der Waals surface area contributed by atoms with Gasteiger partial charge in [0, 0.05) is 12.8 Å². The van der Waals surface area contributed by atoms with E-state index in [1.807, 2.05) is 30.3 Å². The molecule has 1 amide bonds. The average molecular weight is 562 g/mol. The molecule has 15 nitrogen and oxygen atoms in total. The summed E-state index contributed by atoms with van der Waals surface area (Å²) in [6.45, 7) is 0.366. The number of anilines is 1. The number of rotatable bonds is 11. The van der Waals surface area contributed by atoms with Crippen LogP contribution in [0.1, 0.15) is 27.3 Å². The van der Waals surface area contributed by atoms with Crippen LogP contribution in [0.4, 0.5) is 5.82 Å². The molecule has 0 saturated heterocycles. The number of thioether (sulfide) groups is 1. The maximum Gasteiger partial charge on any atom is 0.293 e. The monoisotopic (exact) mass is 561 g/mol. The molecule has 0 atom stereocenters. The zero-order valence-electron chi connectivity index (χ0n) is 21.3. The Hall–Kier alpha value is -5.25. The van der Waals surface area contributed by atoms with Crippen LogP contribution < -0.4 is 20.6 Å². The largest absolute Gasteiger partial charge is 0.493 e. The van der Waals surface area contributed by atoms with Gasteiger partial charge in [0.2, 0.25) is 11.6 Å². The summed E-state index contributed by atoms with van der Waals surface area (Å²) in [6, 6.07) is 15.1. The topological polar surface area (TPSA) is 186 Å². The predicted octanol–water partition coefficient (Wildman–Crippen LogP) is 2.00. The molecular weight excluding hydrogens is 538 g/mol. The van der Waals surface area contributed by atoms with E-state index in [-0.39, 0.29) is 23.1 Å². The Balaban J connectivity index is 1.32. The van der Waals surface area contributed by atoms with Crippen LogP contribution in [0.25, 0.3) is 5.82 Å². The van der Waals surface area contributed by atoms with Crippen molar-refractivity contribution in [2.24, 2.45) is 12.1 Å². The molecule has 3 N–H and O–H groups in total. The number of aryl methyl sites for hydroxylation is 1. The summed E-state index contributed by atoms with van der Waals surface area (Å²) in [6.07, 6.45) is 3.04. The van der Waals surface area contributed by atoms with Gasteiger partial charge in [0.25, 0.3) is 5.91 Å². The lowest BCUT2D eigenvalue weighted by atomic mass is 10.2. The molecule has 5 rings (SSSR count). The number of nitrogens with one attached hydrogen (secondary N) is 1. The second kappa shape index (κ2) is 12.1. The Labute approximate surface area is 231 Å². The molecule has 3 heterocycles. The van der Waals surface area contributed by atoms with E-state index in [9.17, 15) is 4.79 Å². The fourth-order valence-corrected chi connectivity index (χ4v) is 4.37. The summed E-state index contributed by atoms with van der Waals surface area (Å²) in [5.74, 6) is 0.834. The first kappa shape index (κ1) is 26.4. The molecule has 204 valence electrons. The summed E-state index contributed by atoms with van der Waals surface area (Å²) >= 11 is 1.31. The minimum Gasteiger partial charge on any atom is -0.493 e. The van der Waals surface area contributed by atoms with Crippen LogP contribution in [0.2, 0.25) is 0 Å². The van der Waals surface area contributed by atoms with E-state index in [1.54, 1.807) is 43.3 Å². The molecule has 0 aliphatic heterocycles. The molecule has 0 bridgehead atoms. The van der Waals surface area contributed by atoms with E-state index in [0.717, 1.165) is 5.56 Å². The normalized spacial score (nSPS) is 11.2. The van der Waals surface area contributed by atoms with Gasteiger partial charge < -0.3 is 19.8 Å². The molecule has 0 aliphatic rings. The Bertz CT molecular complexity index is 1630. The number of hydrazone groups is 1. The molecule has 40 heavy (non-hydrogen) atoms. The maximum atomic E-state index is 13.1. The van der Waals surface area contributed by atoms with Crippen molar-refractivity contribution in [3.8, 4) is 17.3 Å². The van der Waals surface area contributed by atoms with Crippen molar-refractivity contribution in [2.75, 3.05) is 12.8 Å². The van der Waals surface area contributed by atoms with Gasteiger partial charge in [-0.1, -0.05) is 47.3 Å². The number of amides is 1. The van der Waals surface area contributed by atoms with Gasteiger partial charge in [0.1, 0.15) is 12.9 Å². The predicted molar refractivity (Wildman–Crippen MR) is 143 cm³/mol. The number of nitrogens with zero attached hydrogens (tertiary/aromatic N) is 9. The van der Waals surface area contributed by atoms with Gasteiger partial charge in [-0.05, 0) is 39.6 Å². The molecule has 16 heteroatoms. The number of hydrogen-bond donors (Lipinski definition) is 2. The summed E-state index contributed by atoms with van der Waals surface area (Å²) in [5.41, 5.74) is 10.4. The van der Waals surface area contributed by atoms with Crippen LogP contribution in [0.15, 0.2) is 69.7 Å². The smallest absolute Gasteiger partial charge is 0.293 e. The highest BCUT2D eigenvalue weighted by Crippen LogP contribution is 2.28. The second-order valence-electron chi connectivity index (χ2n) is 8.17. The number of nitrogen functional groups attached to an aromatic ring is 1. The van der Waals surface area contributed by atoms with E-state index in [0.29, 0.717) is 34.5 Å². The van der Waals surface area contributed by atoms with Gasteiger partial charge in [0.05, 0.1) is 19.0 Å². The number of aromatic nitrogens is 8. The highest BCUT2D eigenvalue weighted by Gasteiger charge is 2.24. The molecular formula is C24H23N11O4S. The minimum absolute atomic E-state index is 0.00965. The van der Waals surface area contributed by atoms with Crippen molar-refractivity contribution < 1.29 is 18.9 Å². The Morgan fingerprint density at radius 3 is 2.75 bits per heavy atom. The molecule has 3 aromatic heterocycles. The molecule has 0 fully saturated rings. The van der Waals surface area contributed by atoms with Crippen LogP contribution in [0.3, 0.4) is 0 Å². The van der Waals surface area contributed by atoms with Crippen molar-refractivity contribution in [3.63, 3.8) is 0 Å². The van der Waals surface area contributed by atoms with Crippen molar-refractivity contribution in [1.82, 2.24) is 45.5 Å². The highest BCUT2D eigenvalue weighted by molar-refractivity contribution is 7.98. The number of ether oxygens (including phenoxy) is 2. The fourth-order valence-electron chi connectivity index (χ4n) is 3.49. The number of hydrogen-bond acceptors (Lipinski definition) is 13. The average Bonchev–Trinajstić information content (AvgIpc) is 3.70. The summed E-state index contributed by atoms with van der Waals surface area (Å²) in [5, 5.41) is 28.0. The van der Waals surface area contributed by atoms with Crippen LogP contribution in [-0.2, 0) is 19.4 Å². The van der Waals surface area contributed by atoms with Gasteiger partial charge in [-0.25, -0.2) is 10.1 Å². The molecule has 0 spiro atoms. The third-order valence-corrected chi connectivity index (χ3v) is 6.53. The maximum absolute atomic E-state index is 13.1. The van der Waals surface area contributed by atoms with Crippen LogP contribution in [0, 0.1) is 0 Å². The first-order chi connectivity index (χ1) is 19.5. The molecule has 0 radical (unpaired) electrons. The van der Waals surface area contributed by atoms with E-state index >= 15 is 0 Å². The van der Waals surface area contributed by atoms with Crippen molar-refractivity contribution in [3.05, 3.63) is 77.4 Å². The number of benzene rings is 2. The molecule has 5 aromatic rings. The van der Waals surface area contributed by atoms with Crippen molar-refractivity contribution in [1.29, 1.82) is 0 Å². The van der Waals surface area contributed by atoms with Crippen molar-refractivity contribution in [2.45, 2.75) is 17.5 Å². The van der Waals surface area contributed by atoms with Gasteiger partial charge in [0.15, 0.2) is 22.3 Å². The molecule has 0 saturated carbocycles. The zero-order chi connectivity index (χ0) is 27.9. The number of methoxy groups -OCH3 is 1. The number of carbonyl (C=O) groups excluding carboxylic acids is 1. The van der Waals surface area contributed by atoms with Crippen molar-refractivity contribution >= 4 is 29.7 Å². The summed E-state index contributed by atoms with van der Waals surface area (Å²) in [4.78, 5) is 13.1. The van der Waals surface area contributed by atoms with Gasteiger partial charge in [-0.3, -0.25) is 4.79 Å². The lowest BCUT2D eigenvalue weighted by Crippen LogP contribution is -2.20. The lowest BCUT2D eigenvalue weighted by molar-refractivity contribution is 0.0949. The quantitative estimate of drug-likeness (QED) is 0.136. The van der Waals surface area contributed by atoms with Gasteiger partial charge in [-0.15, -0.1) is 15.3 Å². The van der Waals surface area contributed by atoms with E-state index < -0.39 is 5.91 Å². The number of carbonyl (C=O) groups is 1. The minimum atomic E-state index is -0.597. The zero-order valence-corrected chi connectivity index (χ0v) is 22.1. The molecule has 0 unspecified atom stereocenters. The Morgan fingerprint density at radius 2 is 2.02 bits per heavy atom. The second-order valence-corrected chi connectivity index (χ2v) is 9.11. The molecule has 2 aromatic carbocycles. The summed E-state index contributed by atoms with van der Waals surface area (Å²) < 4.78 is 19.1. The van der Waals surface area contributed by atoms with Crippen LogP contribution >= 0.6 is 11.8 Å². The highest BCUT2D eigenvalue weighted by atomic mass is 32.2. The number of nitrogens with two attached hydrogens (primary N) is 1. The Morgan fingerprint density at radius 1 is 1.18 bits per heavy atom. The standard InChI is InChI=1S/C24H23N11O4S/c1-34-14-27-30-24(34)40-13-17-20(28-33-35(17)22-21(25)31-39-32-22)23(36)29-26-11-16-8-9-18(37-2)19(10-16)38-12-15-6-4-3-5-7-15/h3-11,14H,12-13H2,1-2H3,(H2,25,31)(H,29,36). The Kier molecular flexibility index (Phi) is 7.96. The summed E-state index contributed by atoms with van der Waals surface area (Å²) in [7, 11) is 3.37. The van der Waals surface area contributed by atoms with Crippen LogP contribution in [-0.4, -0.2) is 59.3 Å². The van der Waals surface area contributed by atoms with E-state index in [4.69, 9.17) is 15.2 Å². The van der Waals surface area contributed by atoms with E-state index in [2.05, 4.69) is 46.0 Å². The third-order valence-electron chi connectivity index (χ3n) is 5.49. The lowest BCUT2D eigenvalue weighted by Gasteiger charge is -2.11. The molecule has 0 aliphatic carbocycles. The fraction of sp³-hybridized carbons (Fsp3) is 0.167.